The summed E-state index contributed by atoms with van der Waals surface area (Å²) in [5, 5.41) is 20.4. The van der Waals surface area contributed by atoms with Gasteiger partial charge in [0, 0.05) is 25.6 Å². The summed E-state index contributed by atoms with van der Waals surface area (Å²) >= 11 is 0. The van der Waals surface area contributed by atoms with E-state index in [0.717, 1.165) is 24.5 Å². The normalized spacial score (nSPS) is 18.8. The summed E-state index contributed by atoms with van der Waals surface area (Å²) in [6, 6.07) is 2.45. The van der Waals surface area contributed by atoms with Crippen molar-refractivity contribution in [2.75, 3.05) is 19.7 Å². The highest BCUT2D eigenvalue weighted by Crippen LogP contribution is 2.30. The lowest BCUT2D eigenvalue weighted by atomic mass is 10.0. The Balaban J connectivity index is 2.42. The van der Waals surface area contributed by atoms with Crippen molar-refractivity contribution in [1.29, 1.82) is 0 Å². The molecule has 0 unspecified atom stereocenters. The predicted molar refractivity (Wildman–Crippen MR) is 126 cm³/mol. The minimum atomic E-state index is -0.700. The SMILES string of the molecule is CCN(CC)C(=O)CON/C1=C\c2cc(O)cc(O)c2C(=O)O[C@H](C)CC=CCCC(C)=C1. The fourth-order valence-electron chi connectivity index (χ4n) is 3.43. The fraction of sp³-hybridized carbons (Fsp3) is 0.440. The van der Waals surface area contributed by atoms with Gasteiger partial charge in [-0.15, -0.1) is 0 Å². The molecule has 0 bridgehead atoms. The van der Waals surface area contributed by atoms with Crippen molar-refractivity contribution in [1.82, 2.24) is 10.4 Å². The van der Waals surface area contributed by atoms with E-state index in [1.165, 1.54) is 6.07 Å². The molecule has 3 N–H and O–H groups in total. The van der Waals surface area contributed by atoms with Gasteiger partial charge in [0.15, 0.2) is 6.61 Å². The number of amides is 1. The second-order valence-corrected chi connectivity index (χ2v) is 7.94. The maximum Gasteiger partial charge on any atom is 0.342 e. The van der Waals surface area contributed by atoms with Gasteiger partial charge in [-0.2, -0.15) is 0 Å². The van der Waals surface area contributed by atoms with Crippen molar-refractivity contribution in [2.24, 2.45) is 0 Å². The number of likely N-dealkylation sites (N-methyl/N-ethyl adjacent to an activating group) is 1. The van der Waals surface area contributed by atoms with Crippen LogP contribution < -0.4 is 5.48 Å². The Morgan fingerprint density at radius 2 is 1.94 bits per heavy atom. The first kappa shape index (κ1) is 26.0. The Labute approximate surface area is 195 Å². The van der Waals surface area contributed by atoms with Crippen molar-refractivity contribution in [2.45, 2.75) is 53.1 Å². The van der Waals surface area contributed by atoms with E-state index in [0.29, 0.717) is 25.2 Å². The third kappa shape index (κ3) is 7.98. The number of esters is 1. The molecule has 1 aromatic rings. The van der Waals surface area contributed by atoms with Crippen molar-refractivity contribution in [3.63, 3.8) is 0 Å². The molecule has 0 fully saturated rings. The molecular formula is C25H34N2O6. The van der Waals surface area contributed by atoms with Crippen molar-refractivity contribution in [3.8, 4) is 11.5 Å². The summed E-state index contributed by atoms with van der Waals surface area (Å²) in [5.41, 5.74) is 4.45. The summed E-state index contributed by atoms with van der Waals surface area (Å²) in [5.74, 6) is -1.45. The van der Waals surface area contributed by atoms with Gasteiger partial charge in [-0.05, 0) is 64.3 Å². The van der Waals surface area contributed by atoms with Crippen molar-refractivity contribution < 1.29 is 29.4 Å². The Hall–Kier alpha value is -3.26. The molecule has 8 heteroatoms. The molecule has 1 aromatic carbocycles. The first-order valence-electron chi connectivity index (χ1n) is 11.2. The number of carbonyl (C=O) groups is 2. The first-order valence-corrected chi connectivity index (χ1v) is 11.2. The average Bonchev–Trinajstić information content (AvgIpc) is 2.73. The number of carbonyl (C=O) groups excluding carboxylic acids is 2. The molecule has 1 heterocycles. The average molecular weight is 459 g/mol. The number of fused-ring (bicyclic) bond motifs is 1. The van der Waals surface area contributed by atoms with Gasteiger partial charge in [0.2, 0.25) is 0 Å². The number of nitrogens with zero attached hydrogens (tertiary/aromatic N) is 1. The van der Waals surface area contributed by atoms with Gasteiger partial charge in [0.05, 0.1) is 5.70 Å². The number of cyclic esters (lactones) is 1. The molecule has 0 saturated carbocycles. The lowest BCUT2D eigenvalue weighted by molar-refractivity contribution is -0.137. The molecule has 8 nitrogen and oxygen atoms in total. The van der Waals surface area contributed by atoms with E-state index in [1.807, 2.05) is 39.0 Å². The first-order chi connectivity index (χ1) is 15.7. The Morgan fingerprint density at radius 1 is 1.21 bits per heavy atom. The number of phenols is 2. The molecule has 1 aliphatic rings. The molecule has 1 aliphatic heterocycles. The van der Waals surface area contributed by atoms with E-state index in [2.05, 4.69) is 5.48 Å². The third-order valence-corrected chi connectivity index (χ3v) is 5.20. The molecular weight excluding hydrogens is 424 g/mol. The molecule has 0 radical (unpaired) electrons. The molecule has 0 spiro atoms. The number of nitrogens with one attached hydrogen (secondary N) is 1. The van der Waals surface area contributed by atoms with Crippen LogP contribution >= 0.6 is 0 Å². The Bertz CT molecular complexity index is 931. The number of hydrogen-bond acceptors (Lipinski definition) is 7. The highest BCUT2D eigenvalue weighted by Gasteiger charge is 2.21. The predicted octanol–water partition coefficient (Wildman–Crippen LogP) is 4.06. The van der Waals surface area contributed by atoms with Crippen LogP contribution in [0, 0.1) is 0 Å². The summed E-state index contributed by atoms with van der Waals surface area (Å²) in [7, 11) is 0. The molecule has 180 valence electrons. The van der Waals surface area contributed by atoms with Crippen molar-refractivity contribution >= 4 is 18.0 Å². The maximum atomic E-state index is 12.8. The van der Waals surface area contributed by atoms with Crippen molar-refractivity contribution in [3.05, 3.63) is 52.8 Å². The van der Waals surface area contributed by atoms with E-state index in [1.54, 1.807) is 17.9 Å². The van der Waals surface area contributed by atoms with E-state index in [4.69, 9.17) is 9.57 Å². The summed E-state index contributed by atoms with van der Waals surface area (Å²) in [6.45, 7) is 8.53. The van der Waals surface area contributed by atoms with E-state index in [-0.39, 0.29) is 35.5 Å². The number of hydrogen-bond donors (Lipinski definition) is 3. The van der Waals surface area contributed by atoms with Crippen LogP contribution in [0.4, 0.5) is 0 Å². The zero-order chi connectivity index (χ0) is 24.4. The van der Waals surface area contributed by atoms with Gasteiger partial charge < -0.3 is 19.8 Å². The number of allylic oxidation sites excluding steroid dienone is 3. The molecule has 0 saturated heterocycles. The number of benzene rings is 1. The second kappa shape index (κ2) is 12.7. The van der Waals surface area contributed by atoms with Crippen LogP contribution in [0.2, 0.25) is 0 Å². The van der Waals surface area contributed by atoms with Crippen LogP contribution in [-0.2, 0) is 14.4 Å². The van der Waals surface area contributed by atoms with Crippen LogP contribution in [0.1, 0.15) is 62.9 Å². The maximum absolute atomic E-state index is 12.8. The number of hydroxylamine groups is 1. The smallest absolute Gasteiger partial charge is 0.342 e. The summed E-state index contributed by atoms with van der Waals surface area (Å²) in [6.07, 6.45) is 9.17. The Morgan fingerprint density at radius 3 is 2.64 bits per heavy atom. The quantitative estimate of drug-likeness (QED) is 0.335. The number of rotatable bonds is 6. The summed E-state index contributed by atoms with van der Waals surface area (Å²) in [4.78, 5) is 32.1. The minimum absolute atomic E-state index is 0.0646. The van der Waals surface area contributed by atoms with Crippen LogP contribution in [0.25, 0.3) is 6.08 Å². The van der Waals surface area contributed by atoms with Gasteiger partial charge in [0.25, 0.3) is 5.91 Å². The molecule has 33 heavy (non-hydrogen) atoms. The molecule has 0 aliphatic carbocycles. The minimum Gasteiger partial charge on any atom is -0.508 e. The van der Waals surface area contributed by atoms with E-state index < -0.39 is 11.7 Å². The van der Waals surface area contributed by atoms with Gasteiger partial charge >= 0.3 is 5.97 Å². The molecule has 1 amide bonds. The third-order valence-electron chi connectivity index (χ3n) is 5.20. The van der Waals surface area contributed by atoms with Gasteiger partial charge in [0.1, 0.15) is 23.2 Å². The number of phenolic OH excluding ortho intramolecular Hbond substituents is 2. The lowest BCUT2D eigenvalue weighted by Crippen LogP contribution is -2.35. The van der Waals surface area contributed by atoms with Gasteiger partial charge in [-0.25, -0.2) is 4.79 Å². The second-order valence-electron chi connectivity index (χ2n) is 7.94. The van der Waals surface area contributed by atoms with Crippen LogP contribution in [-0.4, -0.2) is 52.8 Å². The molecule has 0 aromatic heterocycles. The zero-order valence-electron chi connectivity index (χ0n) is 19.8. The number of ether oxygens (including phenoxy) is 1. The van der Waals surface area contributed by atoms with Gasteiger partial charge in [-0.3, -0.25) is 15.1 Å². The number of aromatic hydroxyl groups is 2. The highest BCUT2D eigenvalue weighted by atomic mass is 16.6. The highest BCUT2D eigenvalue weighted by molar-refractivity contribution is 5.97. The monoisotopic (exact) mass is 458 g/mol. The van der Waals surface area contributed by atoms with Crippen LogP contribution in [0.15, 0.2) is 41.6 Å². The Kier molecular flexibility index (Phi) is 10.00. The summed E-state index contributed by atoms with van der Waals surface area (Å²) < 4.78 is 5.48. The zero-order valence-corrected chi connectivity index (χ0v) is 19.8. The fourth-order valence-corrected chi connectivity index (χ4v) is 3.43. The molecule has 1 atom stereocenters. The van der Waals surface area contributed by atoms with Gasteiger partial charge in [-0.1, -0.05) is 17.7 Å². The topological polar surface area (TPSA) is 108 Å². The largest absolute Gasteiger partial charge is 0.508 e. The standard InChI is InChI=1S/C25H34N2O6/c1-5-27(6-2)23(30)16-32-26-20-12-17(3)10-8-7-9-11-18(4)33-25(31)24-19(13-20)14-21(28)15-22(24)29/h7,9,12-15,18,26,28-29H,5-6,8,10-11,16H2,1-4H3/b9-7?,17-12?,20-13-/t18-/m1/s1. The molecule has 2 rings (SSSR count). The van der Waals surface area contributed by atoms with Crippen LogP contribution in [0.5, 0.6) is 11.5 Å². The lowest BCUT2D eigenvalue weighted by Gasteiger charge is -2.19. The van der Waals surface area contributed by atoms with E-state index in [9.17, 15) is 19.8 Å². The van der Waals surface area contributed by atoms with Crippen LogP contribution in [0.3, 0.4) is 0 Å². The van der Waals surface area contributed by atoms with E-state index >= 15 is 0 Å².